The van der Waals surface area contributed by atoms with Crippen LogP contribution in [0.25, 0.3) is 0 Å². The Morgan fingerprint density at radius 2 is 1.93 bits per heavy atom. The lowest BCUT2D eigenvalue weighted by Gasteiger charge is -2.23. The van der Waals surface area contributed by atoms with Crippen molar-refractivity contribution in [1.29, 1.82) is 0 Å². The van der Waals surface area contributed by atoms with Crippen LogP contribution in [0.15, 0.2) is 12.3 Å². The molecule has 0 aromatic carbocycles. The SMILES string of the molecule is OC1(c2ccnc(Cl)c2Cl)CCCC1. The number of halogens is 2. The average molecular weight is 232 g/mol. The molecule has 76 valence electrons. The number of pyridine rings is 1. The Morgan fingerprint density at radius 3 is 2.57 bits per heavy atom. The van der Waals surface area contributed by atoms with E-state index >= 15 is 0 Å². The molecule has 0 spiro atoms. The van der Waals surface area contributed by atoms with Gasteiger partial charge in [-0.2, -0.15) is 0 Å². The fourth-order valence-corrected chi connectivity index (χ4v) is 2.45. The van der Waals surface area contributed by atoms with E-state index in [1.54, 1.807) is 12.3 Å². The van der Waals surface area contributed by atoms with Crippen LogP contribution in [0.1, 0.15) is 31.2 Å². The van der Waals surface area contributed by atoms with Crippen LogP contribution < -0.4 is 0 Å². The van der Waals surface area contributed by atoms with E-state index in [2.05, 4.69) is 4.98 Å². The molecule has 4 heteroatoms. The molecule has 1 N–H and O–H groups in total. The highest BCUT2D eigenvalue weighted by Gasteiger charge is 2.35. The number of hydrogen-bond acceptors (Lipinski definition) is 2. The summed E-state index contributed by atoms with van der Waals surface area (Å²) in [5.74, 6) is 0. The van der Waals surface area contributed by atoms with Crippen molar-refractivity contribution >= 4 is 23.2 Å². The fraction of sp³-hybridized carbons (Fsp3) is 0.500. The van der Waals surface area contributed by atoms with Gasteiger partial charge in [0.15, 0.2) is 0 Å². The van der Waals surface area contributed by atoms with Gasteiger partial charge in [0.05, 0.1) is 10.6 Å². The van der Waals surface area contributed by atoms with Gasteiger partial charge in [0.25, 0.3) is 0 Å². The Balaban J connectivity index is 2.45. The third kappa shape index (κ3) is 1.62. The average Bonchev–Trinajstić information content (AvgIpc) is 2.58. The van der Waals surface area contributed by atoms with Crippen LogP contribution in [0.5, 0.6) is 0 Å². The van der Waals surface area contributed by atoms with E-state index in [4.69, 9.17) is 23.2 Å². The largest absolute Gasteiger partial charge is 0.385 e. The van der Waals surface area contributed by atoms with Gasteiger partial charge in [-0.1, -0.05) is 36.0 Å². The van der Waals surface area contributed by atoms with Crippen molar-refractivity contribution in [3.8, 4) is 0 Å². The van der Waals surface area contributed by atoms with Crippen molar-refractivity contribution in [2.24, 2.45) is 0 Å². The molecule has 1 aliphatic carbocycles. The first-order valence-corrected chi connectivity index (χ1v) is 5.42. The summed E-state index contributed by atoms with van der Waals surface area (Å²) in [6, 6.07) is 1.75. The summed E-state index contributed by atoms with van der Waals surface area (Å²) in [6.07, 6.45) is 5.17. The van der Waals surface area contributed by atoms with Gasteiger partial charge in [-0.05, 0) is 18.9 Å². The van der Waals surface area contributed by atoms with Gasteiger partial charge in [-0.15, -0.1) is 0 Å². The van der Waals surface area contributed by atoms with Crippen LogP contribution >= 0.6 is 23.2 Å². The monoisotopic (exact) mass is 231 g/mol. The molecule has 0 bridgehead atoms. The molecule has 1 saturated carbocycles. The Kier molecular flexibility index (Phi) is 2.69. The third-order valence-corrected chi connectivity index (χ3v) is 3.54. The Morgan fingerprint density at radius 1 is 1.29 bits per heavy atom. The van der Waals surface area contributed by atoms with E-state index in [1.165, 1.54) is 0 Å². The molecule has 1 aromatic heterocycles. The first-order chi connectivity index (χ1) is 6.63. The van der Waals surface area contributed by atoms with Gasteiger partial charge in [0.2, 0.25) is 0 Å². The lowest BCUT2D eigenvalue weighted by molar-refractivity contribution is 0.0445. The summed E-state index contributed by atoms with van der Waals surface area (Å²) in [6.45, 7) is 0. The zero-order valence-corrected chi connectivity index (χ0v) is 9.15. The minimum atomic E-state index is -0.788. The van der Waals surface area contributed by atoms with Crippen molar-refractivity contribution < 1.29 is 5.11 Å². The smallest absolute Gasteiger partial charge is 0.147 e. The minimum Gasteiger partial charge on any atom is -0.385 e. The van der Waals surface area contributed by atoms with Gasteiger partial charge in [-0.25, -0.2) is 4.98 Å². The van der Waals surface area contributed by atoms with Gasteiger partial charge < -0.3 is 5.11 Å². The molecule has 2 nitrogen and oxygen atoms in total. The van der Waals surface area contributed by atoms with Crippen LogP contribution in [0.4, 0.5) is 0 Å². The molecule has 0 aliphatic heterocycles. The van der Waals surface area contributed by atoms with Crippen LogP contribution in [0.3, 0.4) is 0 Å². The van der Waals surface area contributed by atoms with Crippen molar-refractivity contribution in [3.63, 3.8) is 0 Å². The summed E-state index contributed by atoms with van der Waals surface area (Å²) in [7, 11) is 0. The predicted molar refractivity (Wildman–Crippen MR) is 56.6 cm³/mol. The first kappa shape index (κ1) is 10.2. The molecule has 1 heterocycles. The van der Waals surface area contributed by atoms with E-state index in [1.807, 2.05) is 0 Å². The zero-order chi connectivity index (χ0) is 10.2. The minimum absolute atomic E-state index is 0.268. The number of nitrogens with zero attached hydrogens (tertiary/aromatic N) is 1. The topological polar surface area (TPSA) is 33.1 Å². The van der Waals surface area contributed by atoms with Crippen LogP contribution in [0.2, 0.25) is 10.2 Å². The molecule has 2 rings (SSSR count). The van der Waals surface area contributed by atoms with Gasteiger partial charge in [0.1, 0.15) is 5.15 Å². The van der Waals surface area contributed by atoms with Crippen LogP contribution in [0, 0.1) is 0 Å². The van der Waals surface area contributed by atoms with E-state index in [9.17, 15) is 5.11 Å². The number of rotatable bonds is 1. The lowest BCUT2D eigenvalue weighted by atomic mass is 9.93. The van der Waals surface area contributed by atoms with Crippen LogP contribution in [-0.4, -0.2) is 10.1 Å². The summed E-state index contributed by atoms with van der Waals surface area (Å²) in [5.41, 5.74) is -0.0689. The molecular weight excluding hydrogens is 221 g/mol. The molecule has 0 unspecified atom stereocenters. The molecule has 0 radical (unpaired) electrons. The molecule has 1 fully saturated rings. The van der Waals surface area contributed by atoms with Crippen LogP contribution in [-0.2, 0) is 5.60 Å². The third-order valence-electron chi connectivity index (χ3n) is 2.78. The van der Waals surface area contributed by atoms with Gasteiger partial charge in [0, 0.05) is 11.8 Å². The van der Waals surface area contributed by atoms with Crippen molar-refractivity contribution in [2.75, 3.05) is 0 Å². The predicted octanol–water partition coefficient (Wildman–Crippen LogP) is 3.15. The second-order valence-corrected chi connectivity index (χ2v) is 4.44. The first-order valence-electron chi connectivity index (χ1n) is 4.66. The molecule has 0 amide bonds. The Hall–Kier alpha value is -0.310. The molecular formula is C10H11Cl2NO. The van der Waals surface area contributed by atoms with E-state index < -0.39 is 5.60 Å². The second kappa shape index (κ2) is 3.69. The zero-order valence-electron chi connectivity index (χ0n) is 7.63. The van der Waals surface area contributed by atoms with E-state index in [0.29, 0.717) is 5.02 Å². The molecule has 1 aliphatic rings. The standard InChI is InChI=1S/C10H11Cl2NO/c11-8-7(3-6-13-9(8)12)10(14)4-1-2-5-10/h3,6,14H,1-2,4-5H2. The highest BCUT2D eigenvalue weighted by atomic mass is 35.5. The lowest BCUT2D eigenvalue weighted by Crippen LogP contribution is -2.21. The normalized spacial score (nSPS) is 19.9. The van der Waals surface area contributed by atoms with Crippen molar-refractivity contribution in [3.05, 3.63) is 28.0 Å². The highest BCUT2D eigenvalue weighted by Crippen LogP contribution is 2.42. The molecule has 14 heavy (non-hydrogen) atoms. The molecule has 0 saturated heterocycles. The Bertz CT molecular complexity index is 348. The number of aromatic nitrogens is 1. The number of hydrogen-bond donors (Lipinski definition) is 1. The van der Waals surface area contributed by atoms with Crippen molar-refractivity contribution in [1.82, 2.24) is 4.98 Å². The molecule has 1 aromatic rings. The maximum absolute atomic E-state index is 10.3. The van der Waals surface area contributed by atoms with Gasteiger partial charge in [-0.3, -0.25) is 0 Å². The highest BCUT2D eigenvalue weighted by molar-refractivity contribution is 6.41. The van der Waals surface area contributed by atoms with Gasteiger partial charge >= 0.3 is 0 Å². The van der Waals surface area contributed by atoms with E-state index in [-0.39, 0.29) is 5.15 Å². The molecule has 0 atom stereocenters. The Labute approximate surface area is 92.9 Å². The summed E-state index contributed by atoms with van der Waals surface area (Å²) in [5, 5.41) is 11.0. The summed E-state index contributed by atoms with van der Waals surface area (Å²) >= 11 is 11.8. The summed E-state index contributed by atoms with van der Waals surface area (Å²) < 4.78 is 0. The fourth-order valence-electron chi connectivity index (χ4n) is 2.01. The number of aliphatic hydroxyl groups is 1. The quantitative estimate of drug-likeness (QED) is 0.754. The maximum atomic E-state index is 10.3. The maximum Gasteiger partial charge on any atom is 0.147 e. The van der Waals surface area contributed by atoms with E-state index in [0.717, 1.165) is 31.2 Å². The second-order valence-electron chi connectivity index (χ2n) is 3.70. The van der Waals surface area contributed by atoms with Crippen molar-refractivity contribution in [2.45, 2.75) is 31.3 Å². The summed E-state index contributed by atoms with van der Waals surface area (Å²) in [4.78, 5) is 3.86.